The lowest BCUT2D eigenvalue weighted by atomic mass is 10.1. The summed E-state index contributed by atoms with van der Waals surface area (Å²) in [6.45, 7) is 0.586. The van der Waals surface area contributed by atoms with Gasteiger partial charge in [-0.15, -0.1) is 0 Å². The van der Waals surface area contributed by atoms with Gasteiger partial charge in [0.25, 0.3) is 10.0 Å². The van der Waals surface area contributed by atoms with Gasteiger partial charge in [-0.2, -0.15) is 0 Å². The third kappa shape index (κ3) is 8.47. The summed E-state index contributed by atoms with van der Waals surface area (Å²) in [6.07, 6.45) is 2.18. The first kappa shape index (κ1) is 28.5. The summed E-state index contributed by atoms with van der Waals surface area (Å²) < 4.78 is 52.4. The van der Waals surface area contributed by atoms with Gasteiger partial charge in [0.2, 0.25) is 5.91 Å². The summed E-state index contributed by atoms with van der Waals surface area (Å²) >= 11 is 0. The molecule has 0 aromatic heterocycles. The van der Waals surface area contributed by atoms with Gasteiger partial charge >= 0.3 is 6.09 Å². The van der Waals surface area contributed by atoms with Gasteiger partial charge < -0.3 is 29.0 Å². The molecule has 2 aromatic rings. The summed E-state index contributed by atoms with van der Waals surface area (Å²) in [5.74, 6) is 0.896. The van der Waals surface area contributed by atoms with Gasteiger partial charge in [-0.1, -0.05) is 6.07 Å². The molecule has 0 aliphatic heterocycles. The van der Waals surface area contributed by atoms with Crippen LogP contribution >= 0.6 is 0 Å². The van der Waals surface area contributed by atoms with Gasteiger partial charge in [0.15, 0.2) is 0 Å². The zero-order valence-corrected chi connectivity index (χ0v) is 21.3. The van der Waals surface area contributed by atoms with Crippen molar-refractivity contribution in [2.45, 2.75) is 11.3 Å². The normalized spacial score (nSPS) is 11.1. The number of sulfonamides is 1. The predicted molar refractivity (Wildman–Crippen MR) is 132 cm³/mol. The molecule has 196 valence electrons. The third-order valence-corrected chi connectivity index (χ3v) is 6.15. The Kier molecular flexibility index (Phi) is 11.0. The average Bonchev–Trinajstić information content (AvgIpc) is 2.87. The lowest BCUT2D eigenvalue weighted by molar-refractivity contribution is -0.116. The van der Waals surface area contributed by atoms with E-state index in [0.29, 0.717) is 29.0 Å². The number of nitrogens with one attached hydrogen (secondary N) is 2. The van der Waals surface area contributed by atoms with Crippen molar-refractivity contribution in [2.75, 3.05) is 48.2 Å². The Bertz CT molecular complexity index is 1180. The number of hydrogen-bond acceptors (Lipinski definition) is 9. The fourth-order valence-electron chi connectivity index (χ4n) is 2.99. The second kappa shape index (κ2) is 14.0. The largest absolute Gasteiger partial charge is 0.497 e. The Balaban J connectivity index is 2.08. The Morgan fingerprint density at radius 3 is 2.39 bits per heavy atom. The Labute approximate surface area is 210 Å². The van der Waals surface area contributed by atoms with E-state index >= 15 is 0 Å². The zero-order valence-electron chi connectivity index (χ0n) is 20.5. The summed E-state index contributed by atoms with van der Waals surface area (Å²) in [7, 11) is 1.35. The molecule has 0 aliphatic carbocycles. The van der Waals surface area contributed by atoms with Gasteiger partial charge in [-0.05, 0) is 42.3 Å². The first-order valence-electron chi connectivity index (χ1n) is 10.8. The number of rotatable bonds is 13. The minimum atomic E-state index is -4.26. The fourth-order valence-corrected chi connectivity index (χ4v) is 4.10. The highest BCUT2D eigenvalue weighted by molar-refractivity contribution is 7.90. The summed E-state index contributed by atoms with van der Waals surface area (Å²) in [5, 5.41) is 2.74. The lowest BCUT2D eigenvalue weighted by Crippen LogP contribution is -2.31. The zero-order chi connectivity index (χ0) is 26.6. The molecule has 11 nitrogen and oxygen atoms in total. The molecule has 0 spiro atoms. The van der Waals surface area contributed by atoms with Crippen molar-refractivity contribution in [1.82, 2.24) is 10.0 Å². The van der Waals surface area contributed by atoms with Crippen LogP contribution in [0.15, 0.2) is 47.4 Å². The molecular formula is C24H30N2O9S. The van der Waals surface area contributed by atoms with Crippen LogP contribution in [-0.4, -0.2) is 68.6 Å². The number of hydrogen-bond donors (Lipinski definition) is 2. The molecule has 0 fully saturated rings. The number of methoxy groups -OCH3 is 4. The average molecular weight is 523 g/mol. The molecule has 0 saturated carbocycles. The minimum Gasteiger partial charge on any atom is -0.497 e. The first-order valence-corrected chi connectivity index (χ1v) is 12.3. The van der Waals surface area contributed by atoms with E-state index in [1.54, 1.807) is 42.2 Å². The van der Waals surface area contributed by atoms with E-state index in [9.17, 15) is 18.0 Å². The van der Waals surface area contributed by atoms with E-state index < -0.39 is 16.1 Å². The Morgan fingerprint density at radius 2 is 1.72 bits per heavy atom. The molecule has 12 heteroatoms. The molecule has 0 saturated heterocycles. The quantitative estimate of drug-likeness (QED) is 0.299. The highest BCUT2D eigenvalue weighted by Crippen LogP contribution is 2.26. The second-order valence-electron chi connectivity index (χ2n) is 7.20. The fraction of sp³-hybridized carbons (Fsp3) is 0.333. The summed E-state index contributed by atoms with van der Waals surface area (Å²) in [4.78, 5) is 23.5. The lowest BCUT2D eigenvalue weighted by Gasteiger charge is -2.14. The van der Waals surface area contributed by atoms with Crippen LogP contribution in [0.3, 0.4) is 0 Å². The molecule has 2 N–H and O–H groups in total. The van der Waals surface area contributed by atoms with Crippen molar-refractivity contribution in [2.24, 2.45) is 0 Å². The van der Waals surface area contributed by atoms with E-state index in [1.807, 2.05) is 0 Å². The molecular weight excluding hydrogens is 492 g/mol. The molecule has 0 bridgehead atoms. The van der Waals surface area contributed by atoms with Crippen molar-refractivity contribution >= 4 is 28.1 Å². The van der Waals surface area contributed by atoms with Gasteiger partial charge in [-0.25, -0.2) is 17.9 Å². The Morgan fingerprint density at radius 1 is 0.944 bits per heavy atom. The van der Waals surface area contributed by atoms with Crippen LogP contribution in [0.25, 0.3) is 6.08 Å². The van der Waals surface area contributed by atoms with Crippen LogP contribution in [-0.2, 0) is 30.7 Å². The van der Waals surface area contributed by atoms with Crippen molar-refractivity contribution in [3.63, 3.8) is 0 Å². The SMILES string of the molecule is COCCOc1ccc(CCNC(=O)/C=C/c2ccc(OC)cc2OC)cc1S(=O)(=O)NC(=O)OC. The van der Waals surface area contributed by atoms with Gasteiger partial charge in [0, 0.05) is 31.4 Å². The van der Waals surface area contributed by atoms with Gasteiger partial charge in [-0.3, -0.25) is 4.79 Å². The minimum absolute atomic E-state index is 0.0487. The Hall–Kier alpha value is -3.77. The van der Waals surface area contributed by atoms with Crippen LogP contribution in [0.4, 0.5) is 4.79 Å². The highest BCUT2D eigenvalue weighted by atomic mass is 32.2. The van der Waals surface area contributed by atoms with Crippen LogP contribution < -0.4 is 24.2 Å². The second-order valence-corrected chi connectivity index (χ2v) is 8.85. The van der Waals surface area contributed by atoms with E-state index in [1.165, 1.54) is 32.4 Å². The smallest absolute Gasteiger partial charge is 0.420 e. The maximum Gasteiger partial charge on any atom is 0.420 e. The van der Waals surface area contributed by atoms with Gasteiger partial charge in [0.1, 0.15) is 28.8 Å². The first-order chi connectivity index (χ1) is 17.2. The third-order valence-electron chi connectivity index (χ3n) is 4.81. The molecule has 2 rings (SSSR count). The topological polar surface area (TPSA) is 138 Å². The monoisotopic (exact) mass is 522 g/mol. The molecule has 36 heavy (non-hydrogen) atoms. The number of carbonyl (C=O) groups excluding carboxylic acids is 2. The predicted octanol–water partition coefficient (Wildman–Crippen LogP) is 2.15. The highest BCUT2D eigenvalue weighted by Gasteiger charge is 2.23. The van der Waals surface area contributed by atoms with Crippen molar-refractivity contribution < 1.29 is 41.7 Å². The van der Waals surface area contributed by atoms with Crippen molar-refractivity contribution in [3.05, 3.63) is 53.6 Å². The molecule has 0 unspecified atom stereocenters. The molecule has 0 radical (unpaired) electrons. The molecule has 0 aliphatic rings. The van der Waals surface area contributed by atoms with Crippen LogP contribution in [0, 0.1) is 0 Å². The van der Waals surface area contributed by atoms with Crippen molar-refractivity contribution in [3.8, 4) is 17.2 Å². The van der Waals surface area contributed by atoms with E-state index in [0.717, 1.165) is 7.11 Å². The standard InChI is InChI=1S/C24H30N2O9S/c1-31-13-14-35-20-9-5-17(15-22(20)36(29,30)26-24(28)34-4)11-12-25-23(27)10-7-18-6-8-19(32-2)16-21(18)33-3/h5-10,15-16H,11-14H2,1-4H3,(H,25,27)(H,26,28)/b10-7+. The number of benzene rings is 2. The van der Waals surface area contributed by atoms with Crippen molar-refractivity contribution in [1.29, 1.82) is 0 Å². The molecule has 0 heterocycles. The van der Waals surface area contributed by atoms with E-state index in [-0.39, 0.29) is 36.3 Å². The van der Waals surface area contributed by atoms with E-state index in [4.69, 9.17) is 18.9 Å². The van der Waals surface area contributed by atoms with Crippen LogP contribution in [0.2, 0.25) is 0 Å². The van der Waals surface area contributed by atoms with E-state index in [2.05, 4.69) is 10.1 Å². The summed E-state index contributed by atoms with van der Waals surface area (Å²) in [5.41, 5.74) is 1.30. The molecule has 2 aromatic carbocycles. The summed E-state index contributed by atoms with van der Waals surface area (Å²) in [6, 6.07) is 9.75. The molecule has 2 amide bonds. The molecule has 0 atom stereocenters. The number of amides is 2. The number of carbonyl (C=O) groups is 2. The maximum absolute atomic E-state index is 12.7. The van der Waals surface area contributed by atoms with Crippen LogP contribution in [0.5, 0.6) is 17.2 Å². The van der Waals surface area contributed by atoms with Gasteiger partial charge in [0.05, 0.1) is 27.9 Å². The number of ether oxygens (including phenoxy) is 5. The van der Waals surface area contributed by atoms with Crippen LogP contribution in [0.1, 0.15) is 11.1 Å². The maximum atomic E-state index is 12.7.